The van der Waals surface area contributed by atoms with Crippen LogP contribution in [0.4, 0.5) is 35.9 Å². The average Bonchev–Trinajstić information content (AvgIpc) is 2.99. The predicted octanol–water partition coefficient (Wildman–Crippen LogP) is 3.49. The molecule has 148 valence electrons. The molecule has 2 rings (SSSR count). The number of alkyl halides is 3. The minimum Gasteiger partial charge on any atom is -0.361 e. The molecule has 0 unspecified atom stereocenters. The molecule has 0 saturated carbocycles. The Balaban J connectivity index is 3.02. The van der Waals surface area contributed by atoms with Crippen molar-refractivity contribution < 1.29 is 27.8 Å². The number of halogens is 3. The second kappa shape index (κ2) is 7.37. The third-order valence-electron chi connectivity index (χ3n) is 4.34. The number of nitro benzene ring substituents is 2. The van der Waals surface area contributed by atoms with Crippen LogP contribution in [0.1, 0.15) is 32.3 Å². The van der Waals surface area contributed by atoms with Crippen LogP contribution in [-0.4, -0.2) is 35.4 Å². The van der Waals surface area contributed by atoms with Crippen molar-refractivity contribution in [1.82, 2.24) is 0 Å². The Morgan fingerprint density at radius 2 is 1.78 bits per heavy atom. The van der Waals surface area contributed by atoms with Gasteiger partial charge in [0, 0.05) is 32.1 Å². The Morgan fingerprint density at radius 1 is 1.19 bits per heavy atom. The molecule has 9 nitrogen and oxygen atoms in total. The van der Waals surface area contributed by atoms with E-state index < -0.39 is 50.2 Å². The quantitative estimate of drug-likeness (QED) is 0.543. The highest BCUT2D eigenvalue weighted by molar-refractivity contribution is 6.01. The largest absolute Gasteiger partial charge is 0.418 e. The van der Waals surface area contributed by atoms with Gasteiger partial charge in [0.1, 0.15) is 5.69 Å². The fourth-order valence-electron chi connectivity index (χ4n) is 3.17. The molecule has 1 aromatic carbocycles. The molecule has 0 N–H and O–H groups in total. The molecule has 1 aliphatic heterocycles. The van der Waals surface area contributed by atoms with Crippen molar-refractivity contribution in [2.24, 2.45) is 0 Å². The minimum absolute atomic E-state index is 0.0496. The average molecular weight is 390 g/mol. The van der Waals surface area contributed by atoms with Gasteiger partial charge in [0.2, 0.25) is 5.91 Å². The highest BCUT2D eigenvalue weighted by Crippen LogP contribution is 2.51. The first kappa shape index (κ1) is 20.4. The molecule has 0 spiro atoms. The van der Waals surface area contributed by atoms with E-state index in [0.717, 1.165) is 0 Å². The summed E-state index contributed by atoms with van der Waals surface area (Å²) in [5, 5.41) is 23.2. The summed E-state index contributed by atoms with van der Waals surface area (Å²) in [6, 6.07) is 0.279. The topological polar surface area (TPSA) is 110 Å². The maximum absolute atomic E-state index is 13.6. The molecule has 0 bridgehead atoms. The summed E-state index contributed by atoms with van der Waals surface area (Å²) in [4.78, 5) is 35.0. The molecule has 1 aliphatic rings. The molecular formula is C15H17F3N4O5. The molecular weight excluding hydrogens is 373 g/mol. The predicted molar refractivity (Wildman–Crippen MR) is 89.9 cm³/mol. The van der Waals surface area contributed by atoms with E-state index in [1.165, 1.54) is 4.90 Å². The van der Waals surface area contributed by atoms with Gasteiger partial charge in [-0.2, -0.15) is 13.2 Å². The van der Waals surface area contributed by atoms with E-state index in [9.17, 15) is 38.2 Å². The molecule has 1 aromatic rings. The third kappa shape index (κ3) is 3.64. The summed E-state index contributed by atoms with van der Waals surface area (Å²) in [6.07, 6.45) is -4.92. The Morgan fingerprint density at radius 3 is 2.15 bits per heavy atom. The summed E-state index contributed by atoms with van der Waals surface area (Å²) in [6.45, 7) is 3.19. The van der Waals surface area contributed by atoms with Crippen LogP contribution >= 0.6 is 0 Å². The number of hydrogen-bond acceptors (Lipinski definition) is 6. The molecule has 0 aliphatic carbocycles. The van der Waals surface area contributed by atoms with Crippen LogP contribution in [0.25, 0.3) is 0 Å². The number of nitro groups is 2. The lowest BCUT2D eigenvalue weighted by atomic mass is 10.0. The molecule has 0 radical (unpaired) electrons. The van der Waals surface area contributed by atoms with Crippen molar-refractivity contribution in [2.75, 3.05) is 29.4 Å². The zero-order chi connectivity index (χ0) is 20.5. The molecule has 1 saturated heterocycles. The first-order valence-corrected chi connectivity index (χ1v) is 8.16. The van der Waals surface area contributed by atoms with Gasteiger partial charge in [-0.25, -0.2) is 0 Å². The van der Waals surface area contributed by atoms with E-state index >= 15 is 0 Å². The van der Waals surface area contributed by atoms with Crippen molar-refractivity contribution in [1.29, 1.82) is 0 Å². The van der Waals surface area contributed by atoms with Crippen LogP contribution in [-0.2, 0) is 11.0 Å². The van der Waals surface area contributed by atoms with Crippen LogP contribution in [0.5, 0.6) is 0 Å². The van der Waals surface area contributed by atoms with Gasteiger partial charge in [-0.05, 0) is 20.3 Å². The van der Waals surface area contributed by atoms with Gasteiger partial charge in [-0.1, -0.05) is 0 Å². The lowest BCUT2D eigenvalue weighted by Crippen LogP contribution is -2.30. The van der Waals surface area contributed by atoms with E-state index in [0.29, 0.717) is 4.90 Å². The van der Waals surface area contributed by atoms with Gasteiger partial charge in [0.25, 0.3) is 5.69 Å². The number of hydrogen-bond donors (Lipinski definition) is 0. The van der Waals surface area contributed by atoms with Crippen LogP contribution in [0.3, 0.4) is 0 Å². The van der Waals surface area contributed by atoms with Crippen LogP contribution in [0.15, 0.2) is 6.07 Å². The Hall–Kier alpha value is -2.92. The first-order valence-electron chi connectivity index (χ1n) is 8.16. The fourth-order valence-corrected chi connectivity index (χ4v) is 3.17. The van der Waals surface area contributed by atoms with Gasteiger partial charge in [0.15, 0.2) is 5.69 Å². The second-order valence-corrected chi connectivity index (χ2v) is 5.82. The van der Waals surface area contributed by atoms with E-state index in [1.54, 1.807) is 13.8 Å². The SMILES string of the molecule is CCN(CC)c1c([N+](=O)[O-])cc(C(F)(F)F)c(N2CCCC2=O)c1[N+](=O)[O-]. The standard InChI is InChI=1S/C15H17F3N4O5/c1-3-19(4-2)13-10(21(24)25)8-9(15(16,17)18)12(14(13)22(26)27)20-7-5-6-11(20)23/h8H,3-7H2,1-2H3. The lowest BCUT2D eigenvalue weighted by Gasteiger charge is -2.26. The smallest absolute Gasteiger partial charge is 0.361 e. The van der Waals surface area contributed by atoms with Gasteiger partial charge in [0.05, 0.1) is 15.4 Å². The maximum Gasteiger partial charge on any atom is 0.418 e. The molecule has 0 aromatic heterocycles. The number of carbonyl (C=O) groups is 1. The van der Waals surface area contributed by atoms with Crippen LogP contribution in [0, 0.1) is 20.2 Å². The van der Waals surface area contributed by atoms with Crippen molar-refractivity contribution in [3.63, 3.8) is 0 Å². The van der Waals surface area contributed by atoms with Crippen LogP contribution in [0.2, 0.25) is 0 Å². The van der Waals surface area contributed by atoms with Crippen molar-refractivity contribution in [3.05, 3.63) is 31.9 Å². The Kier molecular flexibility index (Phi) is 5.56. The summed E-state index contributed by atoms with van der Waals surface area (Å²) < 4.78 is 40.8. The minimum atomic E-state index is -5.12. The highest BCUT2D eigenvalue weighted by Gasteiger charge is 2.46. The number of rotatable bonds is 6. The van der Waals surface area contributed by atoms with Gasteiger partial charge >= 0.3 is 11.9 Å². The number of amides is 1. The molecule has 1 fully saturated rings. The lowest BCUT2D eigenvalue weighted by molar-refractivity contribution is -0.392. The summed E-state index contributed by atoms with van der Waals surface area (Å²) in [7, 11) is 0. The van der Waals surface area contributed by atoms with E-state index in [-0.39, 0.29) is 38.5 Å². The maximum atomic E-state index is 13.6. The highest BCUT2D eigenvalue weighted by atomic mass is 19.4. The van der Waals surface area contributed by atoms with Gasteiger partial charge in [-0.15, -0.1) is 0 Å². The number of nitrogens with zero attached hydrogens (tertiary/aromatic N) is 4. The molecule has 0 atom stereocenters. The number of carbonyl (C=O) groups excluding carboxylic acids is 1. The van der Waals surface area contributed by atoms with E-state index in [1.807, 2.05) is 0 Å². The van der Waals surface area contributed by atoms with Crippen molar-refractivity contribution in [3.8, 4) is 0 Å². The Bertz CT molecular complexity index is 793. The van der Waals surface area contributed by atoms with Gasteiger partial charge < -0.3 is 9.80 Å². The van der Waals surface area contributed by atoms with Crippen molar-refractivity contribution >= 4 is 28.7 Å². The molecule has 1 amide bonds. The normalized spacial score (nSPS) is 14.6. The van der Waals surface area contributed by atoms with Crippen molar-refractivity contribution in [2.45, 2.75) is 32.9 Å². The summed E-state index contributed by atoms with van der Waals surface area (Å²) >= 11 is 0. The van der Waals surface area contributed by atoms with Gasteiger partial charge in [-0.3, -0.25) is 25.0 Å². The Labute approximate surface area is 151 Å². The monoisotopic (exact) mass is 390 g/mol. The molecule has 27 heavy (non-hydrogen) atoms. The number of benzene rings is 1. The number of anilines is 2. The molecule has 12 heteroatoms. The summed E-state index contributed by atoms with van der Waals surface area (Å²) in [5.74, 6) is -0.692. The van der Waals surface area contributed by atoms with Crippen LogP contribution < -0.4 is 9.80 Å². The van der Waals surface area contributed by atoms with E-state index in [4.69, 9.17) is 0 Å². The second-order valence-electron chi connectivity index (χ2n) is 5.82. The fraction of sp³-hybridized carbons (Fsp3) is 0.533. The summed E-state index contributed by atoms with van der Waals surface area (Å²) in [5.41, 5.74) is -5.11. The third-order valence-corrected chi connectivity index (χ3v) is 4.34. The zero-order valence-corrected chi connectivity index (χ0v) is 14.6. The first-order chi connectivity index (χ1) is 12.5. The zero-order valence-electron chi connectivity index (χ0n) is 14.6. The van der Waals surface area contributed by atoms with E-state index in [2.05, 4.69) is 0 Å². The molecule has 1 heterocycles.